The average molecular weight is 429 g/mol. The molecule has 1 N–H and O–H groups in total. The maximum absolute atomic E-state index is 12.2. The lowest BCUT2D eigenvalue weighted by Gasteiger charge is -2.41. The second kappa shape index (κ2) is 9.00. The molecule has 0 spiro atoms. The number of nitrogens with zero attached hydrogens (tertiary/aromatic N) is 5. The van der Waals surface area contributed by atoms with Gasteiger partial charge in [-0.25, -0.2) is 15.0 Å². The quantitative estimate of drug-likeness (QED) is 0.583. The average Bonchev–Trinajstić information content (AvgIpc) is 2.77. The highest BCUT2D eigenvalue weighted by Crippen LogP contribution is 2.30. The Hall–Kier alpha value is -3.33. The molecule has 10 heteroatoms. The van der Waals surface area contributed by atoms with Crippen LogP contribution in [0.3, 0.4) is 0 Å². The maximum Gasteiger partial charge on any atom is 0.269 e. The minimum Gasteiger partial charge on any atom is -0.354 e. The minimum absolute atomic E-state index is 0.107. The van der Waals surface area contributed by atoms with E-state index >= 15 is 0 Å². The molecule has 0 radical (unpaired) electrons. The third-order valence-electron chi connectivity index (χ3n) is 4.86. The predicted molar refractivity (Wildman–Crippen MR) is 111 cm³/mol. The highest BCUT2D eigenvalue weighted by atomic mass is 35.5. The van der Waals surface area contributed by atoms with Crippen LogP contribution < -0.4 is 5.32 Å². The van der Waals surface area contributed by atoms with Gasteiger partial charge in [-0.2, -0.15) is 0 Å². The topological polar surface area (TPSA) is 108 Å². The molecule has 9 nitrogen and oxygen atoms in total. The summed E-state index contributed by atoms with van der Waals surface area (Å²) in [4.78, 5) is 52.0. The molecule has 0 saturated carbocycles. The fourth-order valence-corrected chi connectivity index (χ4v) is 3.58. The van der Waals surface area contributed by atoms with E-state index in [0.29, 0.717) is 36.6 Å². The number of hydrogen-bond donors (Lipinski definition) is 1. The smallest absolute Gasteiger partial charge is 0.269 e. The van der Waals surface area contributed by atoms with Crippen molar-refractivity contribution in [2.75, 3.05) is 26.7 Å². The maximum atomic E-state index is 12.2. The number of piperazine rings is 1. The largest absolute Gasteiger partial charge is 0.354 e. The Kier molecular flexibility index (Phi) is 6.41. The summed E-state index contributed by atoms with van der Waals surface area (Å²) in [6, 6.07) is 4.52. The third-order valence-corrected chi connectivity index (χ3v) is 5.06. The summed E-state index contributed by atoms with van der Waals surface area (Å²) in [5.74, 6) is -0.659. The van der Waals surface area contributed by atoms with Crippen LogP contribution in [0, 0.1) is 0 Å². The van der Waals surface area contributed by atoms with Gasteiger partial charge in [0.15, 0.2) is 0 Å². The third kappa shape index (κ3) is 4.46. The number of pyridine rings is 1. The van der Waals surface area contributed by atoms with Crippen LogP contribution in [0.2, 0.25) is 5.15 Å². The van der Waals surface area contributed by atoms with Gasteiger partial charge in [0, 0.05) is 33.6 Å². The van der Waals surface area contributed by atoms with Crippen LogP contribution in [-0.4, -0.2) is 69.2 Å². The molecule has 1 fully saturated rings. The van der Waals surface area contributed by atoms with E-state index in [-0.39, 0.29) is 28.6 Å². The minimum atomic E-state index is -0.403. The lowest BCUT2D eigenvalue weighted by molar-refractivity contribution is -0.139. The van der Waals surface area contributed by atoms with Crippen molar-refractivity contribution in [2.45, 2.75) is 13.0 Å². The highest BCUT2D eigenvalue weighted by Gasteiger charge is 2.32. The summed E-state index contributed by atoms with van der Waals surface area (Å²) in [5, 5.41) is 2.72. The van der Waals surface area contributed by atoms with Crippen molar-refractivity contribution in [1.29, 1.82) is 0 Å². The first-order valence-corrected chi connectivity index (χ1v) is 9.62. The van der Waals surface area contributed by atoms with Crippen LogP contribution in [0.25, 0.3) is 11.4 Å². The zero-order valence-corrected chi connectivity index (χ0v) is 17.4. The number of carbonyl (C=O) groups excluding carboxylic acids is 3. The molecule has 0 bridgehead atoms. The van der Waals surface area contributed by atoms with Crippen molar-refractivity contribution < 1.29 is 14.4 Å². The second-order valence-electron chi connectivity index (χ2n) is 6.69. The SMILES string of the molecule is C=CC(=O)N1CCN(C(C)=O)C(c2cc(Cl)nc(-c3cc(C(=O)NC)ncn3)c2)C1. The molecule has 2 aromatic rings. The van der Waals surface area contributed by atoms with Crippen molar-refractivity contribution in [3.05, 3.63) is 53.6 Å². The molecule has 0 aliphatic carbocycles. The second-order valence-corrected chi connectivity index (χ2v) is 7.08. The van der Waals surface area contributed by atoms with Gasteiger partial charge in [0.2, 0.25) is 11.8 Å². The highest BCUT2D eigenvalue weighted by molar-refractivity contribution is 6.29. The van der Waals surface area contributed by atoms with E-state index in [2.05, 4.69) is 26.8 Å². The fourth-order valence-electron chi connectivity index (χ4n) is 3.36. The Morgan fingerprint density at radius 2 is 1.97 bits per heavy atom. The molecular weight excluding hydrogens is 408 g/mol. The van der Waals surface area contributed by atoms with E-state index in [1.165, 1.54) is 32.4 Å². The van der Waals surface area contributed by atoms with E-state index in [1.807, 2.05) is 0 Å². The van der Waals surface area contributed by atoms with Crippen LogP contribution in [0.15, 0.2) is 37.2 Å². The first kappa shape index (κ1) is 21.4. The molecule has 3 amide bonds. The first-order chi connectivity index (χ1) is 14.3. The molecule has 3 rings (SSSR count). The summed E-state index contributed by atoms with van der Waals surface area (Å²) < 4.78 is 0. The van der Waals surface area contributed by atoms with Crippen LogP contribution in [0.1, 0.15) is 29.0 Å². The van der Waals surface area contributed by atoms with Gasteiger partial charge in [-0.3, -0.25) is 14.4 Å². The number of rotatable bonds is 4. The van der Waals surface area contributed by atoms with E-state index in [9.17, 15) is 14.4 Å². The van der Waals surface area contributed by atoms with Crippen molar-refractivity contribution in [2.24, 2.45) is 0 Å². The van der Waals surface area contributed by atoms with Gasteiger partial charge in [0.05, 0.1) is 17.4 Å². The summed E-state index contributed by atoms with van der Waals surface area (Å²) in [7, 11) is 1.51. The molecule has 156 valence electrons. The Morgan fingerprint density at radius 1 is 1.20 bits per heavy atom. The van der Waals surface area contributed by atoms with E-state index in [4.69, 9.17) is 11.6 Å². The first-order valence-electron chi connectivity index (χ1n) is 9.24. The summed E-state index contributed by atoms with van der Waals surface area (Å²) >= 11 is 6.27. The summed E-state index contributed by atoms with van der Waals surface area (Å²) in [5.41, 5.74) is 1.75. The number of aromatic nitrogens is 3. The number of carbonyl (C=O) groups is 3. The van der Waals surface area contributed by atoms with Gasteiger partial charge in [0.1, 0.15) is 17.2 Å². The summed E-state index contributed by atoms with van der Waals surface area (Å²) in [6.45, 7) is 6.14. The number of amides is 3. The molecule has 1 unspecified atom stereocenters. The fraction of sp³-hybridized carbons (Fsp3) is 0.300. The van der Waals surface area contributed by atoms with Crippen molar-refractivity contribution in [1.82, 2.24) is 30.1 Å². The van der Waals surface area contributed by atoms with Gasteiger partial charge >= 0.3 is 0 Å². The lowest BCUT2D eigenvalue weighted by Crippen LogP contribution is -2.51. The van der Waals surface area contributed by atoms with Gasteiger partial charge in [-0.15, -0.1) is 0 Å². The molecule has 1 aliphatic rings. The zero-order chi connectivity index (χ0) is 21.8. The van der Waals surface area contributed by atoms with Gasteiger partial charge in [-0.05, 0) is 29.8 Å². The van der Waals surface area contributed by atoms with E-state index in [1.54, 1.807) is 21.9 Å². The Balaban J connectivity index is 2.02. The summed E-state index contributed by atoms with van der Waals surface area (Å²) in [6.07, 6.45) is 2.53. The van der Waals surface area contributed by atoms with E-state index in [0.717, 1.165) is 0 Å². The number of nitrogens with one attached hydrogen (secondary N) is 1. The Labute approximate surface area is 178 Å². The molecule has 1 atom stereocenters. The van der Waals surface area contributed by atoms with Crippen LogP contribution in [0.5, 0.6) is 0 Å². The molecule has 0 aromatic carbocycles. The lowest BCUT2D eigenvalue weighted by atomic mass is 10.0. The van der Waals surface area contributed by atoms with Crippen molar-refractivity contribution >= 4 is 29.3 Å². The van der Waals surface area contributed by atoms with Crippen molar-refractivity contribution in [3.8, 4) is 11.4 Å². The monoisotopic (exact) mass is 428 g/mol. The number of halogens is 1. The van der Waals surface area contributed by atoms with E-state index < -0.39 is 6.04 Å². The molecule has 3 heterocycles. The zero-order valence-electron chi connectivity index (χ0n) is 16.6. The van der Waals surface area contributed by atoms with Gasteiger partial charge in [0.25, 0.3) is 5.91 Å². The number of hydrogen-bond acceptors (Lipinski definition) is 6. The standard InChI is InChI=1S/C20H21ClN6O3/c1-4-19(29)26-5-6-27(12(2)28)17(10-26)13-7-15(25-18(21)8-13)14-9-16(20(30)22-3)24-11-23-14/h4,7-9,11,17H,1,5-6,10H2,2-3H3,(H,22,30). The predicted octanol–water partition coefficient (Wildman–Crippen LogP) is 1.47. The Bertz CT molecular complexity index is 1010. The van der Waals surface area contributed by atoms with Gasteiger partial charge < -0.3 is 15.1 Å². The molecule has 30 heavy (non-hydrogen) atoms. The molecule has 1 saturated heterocycles. The van der Waals surface area contributed by atoms with Crippen LogP contribution in [-0.2, 0) is 9.59 Å². The van der Waals surface area contributed by atoms with Crippen molar-refractivity contribution in [3.63, 3.8) is 0 Å². The molecule has 2 aromatic heterocycles. The normalized spacial score (nSPS) is 16.2. The molecule has 1 aliphatic heterocycles. The van der Waals surface area contributed by atoms with Crippen LogP contribution in [0.4, 0.5) is 0 Å². The Morgan fingerprint density at radius 3 is 2.63 bits per heavy atom. The molecular formula is C20H21ClN6O3. The van der Waals surface area contributed by atoms with Crippen LogP contribution >= 0.6 is 11.6 Å². The van der Waals surface area contributed by atoms with Gasteiger partial charge in [-0.1, -0.05) is 18.2 Å².